The van der Waals surface area contributed by atoms with Crippen molar-refractivity contribution in [2.75, 3.05) is 6.61 Å². The van der Waals surface area contributed by atoms with E-state index in [2.05, 4.69) is 0 Å². The SMILES string of the molecule is CCOC(=O)C(C)(O)c1ccccc1C. The molecule has 1 aromatic rings. The lowest BCUT2D eigenvalue weighted by molar-refractivity contribution is -0.164. The Morgan fingerprint density at radius 1 is 1.47 bits per heavy atom. The van der Waals surface area contributed by atoms with Crippen molar-refractivity contribution in [2.45, 2.75) is 26.4 Å². The van der Waals surface area contributed by atoms with Crippen molar-refractivity contribution in [1.82, 2.24) is 0 Å². The molecule has 0 fully saturated rings. The number of carbonyl (C=O) groups is 1. The number of esters is 1. The lowest BCUT2D eigenvalue weighted by Gasteiger charge is -2.23. The van der Waals surface area contributed by atoms with Crippen molar-refractivity contribution in [3.63, 3.8) is 0 Å². The van der Waals surface area contributed by atoms with Gasteiger partial charge < -0.3 is 9.84 Å². The molecule has 0 aromatic heterocycles. The summed E-state index contributed by atoms with van der Waals surface area (Å²) in [5, 5.41) is 10.1. The van der Waals surface area contributed by atoms with Crippen LogP contribution in [0.2, 0.25) is 0 Å². The van der Waals surface area contributed by atoms with Gasteiger partial charge in [0.15, 0.2) is 5.60 Å². The average Bonchev–Trinajstić information content (AvgIpc) is 2.18. The standard InChI is InChI=1S/C12H16O3/c1-4-15-11(13)12(3,14)10-8-6-5-7-9(10)2/h5-8,14H,4H2,1-3H3. The van der Waals surface area contributed by atoms with Crippen LogP contribution >= 0.6 is 0 Å². The number of aryl methyl sites for hydroxylation is 1. The van der Waals surface area contributed by atoms with E-state index in [4.69, 9.17) is 4.74 Å². The third kappa shape index (κ3) is 2.36. The highest BCUT2D eigenvalue weighted by Gasteiger charge is 2.34. The Morgan fingerprint density at radius 3 is 2.60 bits per heavy atom. The number of rotatable bonds is 3. The number of benzene rings is 1. The summed E-state index contributed by atoms with van der Waals surface area (Å²) in [7, 11) is 0. The molecule has 0 saturated carbocycles. The second kappa shape index (κ2) is 4.45. The van der Waals surface area contributed by atoms with Crippen LogP contribution in [0.3, 0.4) is 0 Å². The van der Waals surface area contributed by atoms with E-state index in [9.17, 15) is 9.90 Å². The van der Waals surface area contributed by atoms with Crippen molar-refractivity contribution in [1.29, 1.82) is 0 Å². The molecule has 1 atom stereocenters. The van der Waals surface area contributed by atoms with Gasteiger partial charge in [0.2, 0.25) is 0 Å². The van der Waals surface area contributed by atoms with Gasteiger partial charge in [-0.05, 0) is 31.9 Å². The van der Waals surface area contributed by atoms with Crippen LogP contribution in [0, 0.1) is 6.92 Å². The summed E-state index contributed by atoms with van der Waals surface area (Å²) in [5.74, 6) is -0.612. The van der Waals surface area contributed by atoms with E-state index in [1.165, 1.54) is 6.92 Å². The summed E-state index contributed by atoms with van der Waals surface area (Å²) in [5.41, 5.74) is -0.111. The van der Waals surface area contributed by atoms with Gasteiger partial charge in [0.05, 0.1) is 6.61 Å². The molecule has 15 heavy (non-hydrogen) atoms. The monoisotopic (exact) mass is 208 g/mol. The fraction of sp³-hybridized carbons (Fsp3) is 0.417. The van der Waals surface area contributed by atoms with Crippen LogP contribution in [0.15, 0.2) is 24.3 Å². The number of carbonyl (C=O) groups excluding carboxylic acids is 1. The third-order valence-electron chi connectivity index (χ3n) is 2.34. The van der Waals surface area contributed by atoms with Gasteiger partial charge in [-0.3, -0.25) is 0 Å². The fourth-order valence-corrected chi connectivity index (χ4v) is 1.50. The molecule has 0 aliphatic rings. The zero-order valence-corrected chi connectivity index (χ0v) is 9.28. The van der Waals surface area contributed by atoms with E-state index in [0.717, 1.165) is 5.56 Å². The fourth-order valence-electron chi connectivity index (χ4n) is 1.50. The van der Waals surface area contributed by atoms with E-state index in [0.29, 0.717) is 5.56 Å². The van der Waals surface area contributed by atoms with Crippen LogP contribution in [-0.4, -0.2) is 17.7 Å². The Kier molecular flexibility index (Phi) is 3.48. The van der Waals surface area contributed by atoms with Gasteiger partial charge in [-0.2, -0.15) is 0 Å². The highest BCUT2D eigenvalue weighted by atomic mass is 16.5. The van der Waals surface area contributed by atoms with E-state index >= 15 is 0 Å². The van der Waals surface area contributed by atoms with Gasteiger partial charge >= 0.3 is 5.97 Å². The smallest absolute Gasteiger partial charge is 0.342 e. The van der Waals surface area contributed by atoms with E-state index in [1.54, 1.807) is 19.1 Å². The first-order valence-corrected chi connectivity index (χ1v) is 4.95. The minimum absolute atomic E-state index is 0.265. The molecule has 0 amide bonds. The Balaban J connectivity index is 3.05. The zero-order valence-electron chi connectivity index (χ0n) is 9.28. The molecule has 0 aliphatic carbocycles. The Bertz CT molecular complexity index is 356. The molecular formula is C12H16O3. The number of ether oxygens (including phenoxy) is 1. The molecule has 1 aromatic carbocycles. The molecule has 0 saturated heterocycles. The van der Waals surface area contributed by atoms with E-state index < -0.39 is 11.6 Å². The summed E-state index contributed by atoms with van der Waals surface area (Å²) in [6, 6.07) is 7.23. The molecule has 1 rings (SSSR count). The summed E-state index contributed by atoms with van der Waals surface area (Å²) >= 11 is 0. The maximum Gasteiger partial charge on any atom is 0.342 e. The maximum atomic E-state index is 11.5. The first-order chi connectivity index (χ1) is 7.00. The zero-order chi connectivity index (χ0) is 11.5. The lowest BCUT2D eigenvalue weighted by atomic mass is 9.92. The van der Waals surface area contributed by atoms with Crippen LogP contribution in [0.5, 0.6) is 0 Å². The first-order valence-electron chi connectivity index (χ1n) is 4.95. The quantitative estimate of drug-likeness (QED) is 0.770. The first kappa shape index (κ1) is 11.7. The lowest BCUT2D eigenvalue weighted by Crippen LogP contribution is -2.34. The van der Waals surface area contributed by atoms with Gasteiger partial charge in [0, 0.05) is 0 Å². The Hall–Kier alpha value is -1.35. The van der Waals surface area contributed by atoms with E-state index in [-0.39, 0.29) is 6.61 Å². The number of hydrogen-bond acceptors (Lipinski definition) is 3. The topological polar surface area (TPSA) is 46.5 Å². The predicted molar refractivity (Wildman–Crippen MR) is 57.4 cm³/mol. The largest absolute Gasteiger partial charge is 0.464 e. The van der Waals surface area contributed by atoms with Crippen LogP contribution in [0.1, 0.15) is 25.0 Å². The number of aliphatic hydroxyl groups is 1. The van der Waals surface area contributed by atoms with Crippen LogP contribution in [0.25, 0.3) is 0 Å². The minimum atomic E-state index is -1.57. The van der Waals surface area contributed by atoms with Gasteiger partial charge in [-0.15, -0.1) is 0 Å². The molecular weight excluding hydrogens is 192 g/mol. The number of hydrogen-bond donors (Lipinski definition) is 1. The summed E-state index contributed by atoms with van der Waals surface area (Å²) in [6.45, 7) is 5.28. The maximum absolute atomic E-state index is 11.5. The van der Waals surface area contributed by atoms with Gasteiger partial charge in [0.1, 0.15) is 0 Å². The summed E-state index contributed by atoms with van der Waals surface area (Å²) < 4.78 is 4.83. The van der Waals surface area contributed by atoms with Crippen molar-refractivity contribution in [3.8, 4) is 0 Å². The van der Waals surface area contributed by atoms with E-state index in [1.807, 2.05) is 19.1 Å². The Morgan fingerprint density at radius 2 is 2.07 bits per heavy atom. The van der Waals surface area contributed by atoms with Crippen molar-refractivity contribution < 1.29 is 14.6 Å². The Labute approximate surface area is 89.7 Å². The van der Waals surface area contributed by atoms with Gasteiger partial charge in [-0.1, -0.05) is 24.3 Å². The summed E-state index contributed by atoms with van der Waals surface area (Å²) in [6.07, 6.45) is 0. The van der Waals surface area contributed by atoms with Gasteiger partial charge in [-0.25, -0.2) is 4.79 Å². The highest BCUT2D eigenvalue weighted by Crippen LogP contribution is 2.25. The third-order valence-corrected chi connectivity index (χ3v) is 2.34. The van der Waals surface area contributed by atoms with Crippen LogP contribution in [-0.2, 0) is 15.1 Å². The molecule has 0 heterocycles. The predicted octanol–water partition coefficient (Wildman–Crippen LogP) is 1.77. The minimum Gasteiger partial charge on any atom is -0.464 e. The van der Waals surface area contributed by atoms with Crippen molar-refractivity contribution in [3.05, 3.63) is 35.4 Å². The summed E-state index contributed by atoms with van der Waals surface area (Å²) in [4.78, 5) is 11.5. The van der Waals surface area contributed by atoms with Crippen LogP contribution < -0.4 is 0 Å². The molecule has 3 heteroatoms. The van der Waals surface area contributed by atoms with Crippen LogP contribution in [0.4, 0.5) is 0 Å². The normalized spacial score (nSPS) is 14.4. The molecule has 0 aliphatic heterocycles. The molecule has 0 radical (unpaired) electrons. The van der Waals surface area contributed by atoms with Gasteiger partial charge in [0.25, 0.3) is 0 Å². The molecule has 1 N–H and O–H groups in total. The molecule has 0 bridgehead atoms. The molecule has 82 valence electrons. The molecule has 1 unspecified atom stereocenters. The molecule has 0 spiro atoms. The molecule has 3 nitrogen and oxygen atoms in total. The second-order valence-corrected chi connectivity index (χ2v) is 3.61. The average molecular weight is 208 g/mol. The van der Waals surface area contributed by atoms with Crippen molar-refractivity contribution in [2.24, 2.45) is 0 Å². The highest BCUT2D eigenvalue weighted by molar-refractivity contribution is 5.81. The second-order valence-electron chi connectivity index (χ2n) is 3.61. The van der Waals surface area contributed by atoms with Crippen molar-refractivity contribution >= 4 is 5.97 Å².